The minimum absolute atomic E-state index is 0.00940. The lowest BCUT2D eigenvalue weighted by Crippen LogP contribution is -2.30. The maximum absolute atomic E-state index is 11.9. The minimum atomic E-state index is -0.243. The van der Waals surface area contributed by atoms with Crippen LogP contribution < -0.4 is 10.6 Å². The number of aromatic nitrogens is 2. The van der Waals surface area contributed by atoms with Crippen LogP contribution in [0.5, 0.6) is 0 Å². The minimum Gasteiger partial charge on any atom is -0.349 e. The van der Waals surface area contributed by atoms with Gasteiger partial charge < -0.3 is 10.6 Å². The van der Waals surface area contributed by atoms with Gasteiger partial charge in [-0.3, -0.25) is 9.59 Å². The lowest BCUT2D eigenvalue weighted by atomic mass is 10.1. The molecule has 1 amide bonds. The van der Waals surface area contributed by atoms with Crippen molar-refractivity contribution in [2.45, 2.75) is 26.8 Å². The molecule has 1 aromatic carbocycles. The van der Waals surface area contributed by atoms with Crippen LogP contribution in [0.2, 0.25) is 0 Å². The fourth-order valence-corrected chi connectivity index (χ4v) is 1.80. The Bertz CT molecular complexity index is 681. The number of rotatable bonds is 5. The Labute approximate surface area is 129 Å². The lowest BCUT2D eigenvalue weighted by Gasteiger charge is -2.09. The molecule has 1 aromatic heterocycles. The number of hydrogen-bond acceptors (Lipinski definition) is 5. The van der Waals surface area contributed by atoms with E-state index < -0.39 is 0 Å². The van der Waals surface area contributed by atoms with Gasteiger partial charge in [0, 0.05) is 23.5 Å². The Morgan fingerprint density at radius 2 is 1.77 bits per heavy atom. The number of nitrogens with one attached hydrogen (secondary N) is 2. The zero-order valence-corrected chi connectivity index (χ0v) is 12.8. The van der Waals surface area contributed by atoms with E-state index in [2.05, 4.69) is 20.6 Å². The third-order valence-corrected chi connectivity index (χ3v) is 2.86. The van der Waals surface area contributed by atoms with Gasteiger partial charge >= 0.3 is 0 Å². The molecule has 0 radical (unpaired) electrons. The lowest BCUT2D eigenvalue weighted by molar-refractivity contribution is 0.0937. The van der Waals surface area contributed by atoms with Crippen molar-refractivity contribution in [3.05, 3.63) is 47.8 Å². The van der Waals surface area contributed by atoms with E-state index in [1.165, 1.54) is 13.1 Å². The second kappa shape index (κ2) is 6.80. The summed E-state index contributed by atoms with van der Waals surface area (Å²) < 4.78 is 0. The van der Waals surface area contributed by atoms with Crippen LogP contribution in [0.15, 0.2) is 36.5 Å². The summed E-state index contributed by atoms with van der Waals surface area (Å²) in [6.07, 6.45) is 1.52. The fraction of sp³-hybridized carbons (Fsp3) is 0.250. The van der Waals surface area contributed by atoms with Crippen LogP contribution in [-0.2, 0) is 0 Å². The summed E-state index contributed by atoms with van der Waals surface area (Å²) in [6, 6.07) is 8.57. The number of hydrogen-bond donors (Lipinski definition) is 2. The maximum atomic E-state index is 11.9. The number of benzene rings is 1. The number of ketones is 1. The van der Waals surface area contributed by atoms with Crippen molar-refractivity contribution in [1.29, 1.82) is 0 Å². The van der Waals surface area contributed by atoms with Crippen LogP contribution >= 0.6 is 0 Å². The summed E-state index contributed by atoms with van der Waals surface area (Å²) >= 11 is 0. The van der Waals surface area contributed by atoms with E-state index in [4.69, 9.17) is 0 Å². The molecule has 114 valence electrons. The molecule has 1 heterocycles. The summed E-state index contributed by atoms with van der Waals surface area (Å²) in [7, 11) is 0. The first-order chi connectivity index (χ1) is 10.5. The van der Waals surface area contributed by atoms with Gasteiger partial charge in [0.25, 0.3) is 5.91 Å². The van der Waals surface area contributed by atoms with Crippen molar-refractivity contribution in [2.24, 2.45) is 0 Å². The Hall–Kier alpha value is -2.76. The van der Waals surface area contributed by atoms with E-state index in [1.807, 2.05) is 13.8 Å². The largest absolute Gasteiger partial charge is 0.349 e. The number of carbonyl (C=O) groups is 2. The van der Waals surface area contributed by atoms with Crippen LogP contribution in [0.4, 0.5) is 11.6 Å². The number of carbonyl (C=O) groups excluding carboxylic acids is 2. The fourth-order valence-electron chi connectivity index (χ4n) is 1.80. The molecule has 2 rings (SSSR count). The highest BCUT2D eigenvalue weighted by Gasteiger charge is 2.10. The molecule has 2 aromatic rings. The molecule has 0 aliphatic rings. The van der Waals surface area contributed by atoms with E-state index in [0.717, 1.165) is 5.69 Å². The van der Waals surface area contributed by atoms with Crippen molar-refractivity contribution in [2.75, 3.05) is 5.32 Å². The predicted octanol–water partition coefficient (Wildman–Crippen LogP) is 2.56. The van der Waals surface area contributed by atoms with Gasteiger partial charge in [0.15, 0.2) is 5.78 Å². The highest BCUT2D eigenvalue weighted by atomic mass is 16.2. The summed E-state index contributed by atoms with van der Waals surface area (Å²) in [4.78, 5) is 31.4. The molecule has 0 fully saturated rings. The van der Waals surface area contributed by atoms with Gasteiger partial charge in [-0.1, -0.05) is 0 Å². The molecule has 0 saturated heterocycles. The standard InChI is InChI=1S/C16H18N4O2/c1-10(2)18-15(22)14-8-9-17-16(20-14)19-13-6-4-12(5-7-13)11(3)21/h4-10H,1-3H3,(H,18,22)(H,17,19,20). The predicted molar refractivity (Wildman–Crippen MR) is 84.4 cm³/mol. The first-order valence-corrected chi connectivity index (χ1v) is 6.97. The third-order valence-electron chi connectivity index (χ3n) is 2.86. The molecule has 0 bridgehead atoms. The Morgan fingerprint density at radius 1 is 1.09 bits per heavy atom. The first-order valence-electron chi connectivity index (χ1n) is 6.97. The molecule has 2 N–H and O–H groups in total. The monoisotopic (exact) mass is 298 g/mol. The van der Waals surface area contributed by atoms with Crippen molar-refractivity contribution < 1.29 is 9.59 Å². The molecule has 0 atom stereocenters. The Morgan fingerprint density at radius 3 is 2.36 bits per heavy atom. The molecule has 0 saturated carbocycles. The summed E-state index contributed by atoms with van der Waals surface area (Å²) in [5.41, 5.74) is 1.68. The second-order valence-electron chi connectivity index (χ2n) is 5.15. The molecule has 0 unspecified atom stereocenters. The molecular weight excluding hydrogens is 280 g/mol. The van der Waals surface area contributed by atoms with Crippen molar-refractivity contribution in [3.8, 4) is 0 Å². The van der Waals surface area contributed by atoms with Gasteiger partial charge in [0.05, 0.1) is 0 Å². The summed E-state index contributed by atoms with van der Waals surface area (Å²) in [6.45, 7) is 5.28. The van der Waals surface area contributed by atoms with E-state index in [1.54, 1.807) is 30.3 Å². The van der Waals surface area contributed by atoms with Gasteiger partial charge in [-0.2, -0.15) is 0 Å². The smallest absolute Gasteiger partial charge is 0.270 e. The zero-order chi connectivity index (χ0) is 16.1. The zero-order valence-electron chi connectivity index (χ0n) is 12.8. The first kappa shape index (κ1) is 15.6. The van der Waals surface area contributed by atoms with Crippen molar-refractivity contribution >= 4 is 23.3 Å². The van der Waals surface area contributed by atoms with E-state index in [-0.39, 0.29) is 17.7 Å². The number of Topliss-reactive ketones (excluding diaryl/α,β-unsaturated/α-hetero) is 1. The van der Waals surface area contributed by atoms with Gasteiger partial charge in [0.2, 0.25) is 5.95 Å². The molecular formula is C16H18N4O2. The highest BCUT2D eigenvalue weighted by molar-refractivity contribution is 5.94. The van der Waals surface area contributed by atoms with E-state index >= 15 is 0 Å². The normalized spacial score (nSPS) is 10.4. The van der Waals surface area contributed by atoms with Crippen molar-refractivity contribution in [1.82, 2.24) is 15.3 Å². The van der Waals surface area contributed by atoms with Crippen LogP contribution in [0.25, 0.3) is 0 Å². The number of anilines is 2. The van der Waals surface area contributed by atoms with Gasteiger partial charge in [-0.25, -0.2) is 9.97 Å². The molecule has 6 nitrogen and oxygen atoms in total. The van der Waals surface area contributed by atoms with Crippen LogP contribution in [0.3, 0.4) is 0 Å². The molecule has 6 heteroatoms. The second-order valence-corrected chi connectivity index (χ2v) is 5.15. The molecule has 22 heavy (non-hydrogen) atoms. The van der Waals surface area contributed by atoms with Crippen LogP contribution in [0.1, 0.15) is 41.6 Å². The third kappa shape index (κ3) is 4.12. The average Bonchev–Trinajstić information content (AvgIpc) is 2.47. The SMILES string of the molecule is CC(=O)c1ccc(Nc2nccc(C(=O)NC(C)C)n2)cc1. The average molecular weight is 298 g/mol. The molecule has 0 spiro atoms. The highest BCUT2D eigenvalue weighted by Crippen LogP contribution is 2.14. The van der Waals surface area contributed by atoms with Crippen molar-refractivity contribution in [3.63, 3.8) is 0 Å². The Kier molecular flexibility index (Phi) is 4.83. The van der Waals surface area contributed by atoms with Gasteiger partial charge in [-0.05, 0) is 51.1 Å². The number of amides is 1. The number of nitrogens with zero attached hydrogens (tertiary/aromatic N) is 2. The summed E-state index contributed by atoms with van der Waals surface area (Å²) in [5, 5.41) is 5.78. The van der Waals surface area contributed by atoms with Gasteiger partial charge in [-0.15, -0.1) is 0 Å². The van der Waals surface area contributed by atoms with Crippen LogP contribution in [0, 0.1) is 0 Å². The topological polar surface area (TPSA) is 84.0 Å². The quantitative estimate of drug-likeness (QED) is 0.829. The van der Waals surface area contributed by atoms with Crippen LogP contribution in [-0.4, -0.2) is 27.7 Å². The van der Waals surface area contributed by atoms with Gasteiger partial charge in [0.1, 0.15) is 5.69 Å². The molecule has 0 aliphatic heterocycles. The molecule has 0 aliphatic carbocycles. The summed E-state index contributed by atoms with van der Waals surface area (Å²) in [5.74, 6) is 0.0921. The van der Waals surface area contributed by atoms with E-state index in [0.29, 0.717) is 17.2 Å². The Balaban J connectivity index is 2.13. The van der Waals surface area contributed by atoms with E-state index in [9.17, 15) is 9.59 Å². The maximum Gasteiger partial charge on any atom is 0.270 e.